The van der Waals surface area contributed by atoms with Crippen molar-refractivity contribution in [3.05, 3.63) is 10.7 Å². The van der Waals surface area contributed by atoms with Gasteiger partial charge < -0.3 is 15.1 Å². The van der Waals surface area contributed by atoms with E-state index in [9.17, 15) is 4.79 Å². The summed E-state index contributed by atoms with van der Waals surface area (Å²) in [5.41, 5.74) is 0. The van der Waals surface area contributed by atoms with Gasteiger partial charge in [0.15, 0.2) is 0 Å². The van der Waals surface area contributed by atoms with Gasteiger partial charge in [0.2, 0.25) is 11.9 Å². The third-order valence-corrected chi connectivity index (χ3v) is 3.36. The highest BCUT2D eigenvalue weighted by Gasteiger charge is 2.16. The van der Waals surface area contributed by atoms with E-state index in [1.807, 2.05) is 25.8 Å². The molecule has 0 unspecified atom stereocenters. The molecule has 0 aromatic carbocycles. The summed E-state index contributed by atoms with van der Waals surface area (Å²) in [5, 5.41) is 2.88. The molecule has 0 aliphatic heterocycles. The second-order valence-corrected chi connectivity index (χ2v) is 4.89. The van der Waals surface area contributed by atoms with Crippen molar-refractivity contribution in [3.63, 3.8) is 0 Å². The lowest BCUT2D eigenvalue weighted by atomic mass is 10.4. The van der Waals surface area contributed by atoms with E-state index in [1.54, 1.807) is 18.1 Å². The van der Waals surface area contributed by atoms with Crippen molar-refractivity contribution in [2.75, 3.05) is 43.9 Å². The Hall–Kier alpha value is -1.37. The van der Waals surface area contributed by atoms with Gasteiger partial charge in [0, 0.05) is 33.4 Å². The van der Waals surface area contributed by atoms with Crippen LogP contribution in [0.2, 0.25) is 0 Å². The number of amides is 1. The molecule has 0 aliphatic rings. The van der Waals surface area contributed by atoms with Crippen LogP contribution in [0.15, 0.2) is 10.7 Å². The lowest BCUT2D eigenvalue weighted by Crippen LogP contribution is -2.39. The minimum Gasteiger partial charge on any atom is -0.357 e. The number of nitrogens with one attached hydrogen (secondary N) is 1. The fourth-order valence-electron chi connectivity index (χ4n) is 1.70. The van der Waals surface area contributed by atoms with E-state index in [0.717, 1.165) is 17.6 Å². The zero-order valence-electron chi connectivity index (χ0n) is 11.8. The summed E-state index contributed by atoms with van der Waals surface area (Å²) in [4.78, 5) is 24.1. The van der Waals surface area contributed by atoms with Gasteiger partial charge in [-0.05, 0) is 29.8 Å². The maximum atomic E-state index is 12.1. The molecule has 1 aromatic heterocycles. The van der Waals surface area contributed by atoms with Crippen LogP contribution in [0.1, 0.15) is 13.8 Å². The van der Waals surface area contributed by atoms with Gasteiger partial charge in [-0.2, -0.15) is 4.98 Å². The topological polar surface area (TPSA) is 61.4 Å². The zero-order valence-corrected chi connectivity index (χ0v) is 13.4. The maximum Gasteiger partial charge on any atom is 0.242 e. The molecule has 0 atom stereocenters. The third kappa shape index (κ3) is 4.05. The molecule has 0 bridgehead atoms. The number of carbonyl (C=O) groups excluding carboxylic acids is 1. The summed E-state index contributed by atoms with van der Waals surface area (Å²) in [5.74, 6) is 1.31. The first-order valence-corrected chi connectivity index (χ1v) is 7.01. The number of carbonyl (C=O) groups is 1. The third-order valence-electron chi connectivity index (χ3n) is 2.80. The molecule has 0 fully saturated rings. The van der Waals surface area contributed by atoms with E-state index in [2.05, 4.69) is 31.2 Å². The van der Waals surface area contributed by atoms with Gasteiger partial charge >= 0.3 is 0 Å². The first kappa shape index (κ1) is 15.7. The molecule has 1 N–H and O–H groups in total. The minimum absolute atomic E-state index is 0.0871. The minimum atomic E-state index is 0.0871. The Morgan fingerprint density at radius 3 is 2.58 bits per heavy atom. The molecule has 7 heteroatoms. The molecule has 0 radical (unpaired) electrons. The highest BCUT2D eigenvalue weighted by molar-refractivity contribution is 9.10. The van der Waals surface area contributed by atoms with Gasteiger partial charge in [0.25, 0.3) is 0 Å². The fraction of sp³-hybridized carbons (Fsp3) is 0.583. The second-order valence-electron chi connectivity index (χ2n) is 4.04. The van der Waals surface area contributed by atoms with Crippen LogP contribution < -0.4 is 10.2 Å². The van der Waals surface area contributed by atoms with Crippen molar-refractivity contribution in [1.29, 1.82) is 0 Å². The van der Waals surface area contributed by atoms with E-state index < -0.39 is 0 Å². The van der Waals surface area contributed by atoms with Crippen LogP contribution in [0.4, 0.5) is 11.8 Å². The first-order chi connectivity index (χ1) is 9.03. The number of hydrogen-bond acceptors (Lipinski definition) is 5. The molecule has 1 amide bonds. The molecule has 1 rings (SSSR count). The van der Waals surface area contributed by atoms with Crippen LogP contribution in [0.5, 0.6) is 0 Å². The summed E-state index contributed by atoms with van der Waals surface area (Å²) >= 11 is 3.40. The monoisotopic (exact) mass is 329 g/mol. The van der Waals surface area contributed by atoms with E-state index in [0.29, 0.717) is 18.3 Å². The van der Waals surface area contributed by atoms with Crippen LogP contribution >= 0.6 is 15.9 Å². The molecule has 106 valence electrons. The Labute approximate surface area is 122 Å². The number of likely N-dealkylation sites (N-methyl/N-ethyl adjacent to an activating group) is 2. The van der Waals surface area contributed by atoms with Crippen LogP contribution in [0.25, 0.3) is 0 Å². The highest BCUT2D eigenvalue weighted by Crippen LogP contribution is 2.23. The van der Waals surface area contributed by atoms with Crippen molar-refractivity contribution >= 4 is 33.6 Å². The molecule has 0 aliphatic carbocycles. The molecule has 6 nitrogen and oxygen atoms in total. The normalized spacial score (nSPS) is 10.2. The number of nitrogens with zero attached hydrogens (tertiary/aromatic N) is 4. The van der Waals surface area contributed by atoms with E-state index in [1.165, 1.54) is 0 Å². The van der Waals surface area contributed by atoms with Crippen molar-refractivity contribution in [1.82, 2.24) is 14.9 Å². The molecular weight excluding hydrogens is 310 g/mol. The Balaban J connectivity index is 2.83. The molecule has 0 saturated carbocycles. The number of aromatic nitrogens is 2. The van der Waals surface area contributed by atoms with Gasteiger partial charge in [-0.3, -0.25) is 4.79 Å². The number of rotatable bonds is 6. The number of halogens is 1. The molecule has 19 heavy (non-hydrogen) atoms. The van der Waals surface area contributed by atoms with Crippen LogP contribution in [-0.2, 0) is 4.79 Å². The van der Waals surface area contributed by atoms with Crippen molar-refractivity contribution in [3.8, 4) is 0 Å². The van der Waals surface area contributed by atoms with Gasteiger partial charge in [-0.25, -0.2) is 4.98 Å². The van der Waals surface area contributed by atoms with E-state index in [-0.39, 0.29) is 5.91 Å². The molecular formula is C12H20BrN5O. The van der Waals surface area contributed by atoms with Gasteiger partial charge in [-0.15, -0.1) is 0 Å². The summed E-state index contributed by atoms with van der Waals surface area (Å²) in [6.45, 7) is 5.68. The zero-order chi connectivity index (χ0) is 14.4. The SMILES string of the molecule is CCN(CC)C(=O)CN(C)c1nc(NC)ncc1Br. The average molecular weight is 330 g/mol. The summed E-state index contributed by atoms with van der Waals surface area (Å²) in [7, 11) is 3.60. The Morgan fingerprint density at radius 1 is 1.42 bits per heavy atom. The predicted octanol–water partition coefficient (Wildman–Crippen LogP) is 1.59. The standard InChI is InChI=1S/C12H20BrN5O/c1-5-18(6-2)10(19)8-17(4)11-9(13)7-15-12(14-3)16-11/h7H,5-6,8H2,1-4H3,(H,14,15,16). The predicted molar refractivity (Wildman–Crippen MR) is 80.5 cm³/mol. The van der Waals surface area contributed by atoms with Crippen molar-refractivity contribution in [2.24, 2.45) is 0 Å². The maximum absolute atomic E-state index is 12.1. The first-order valence-electron chi connectivity index (χ1n) is 6.22. The number of anilines is 2. The fourth-order valence-corrected chi connectivity index (χ4v) is 2.19. The summed E-state index contributed by atoms with van der Waals surface area (Å²) < 4.78 is 0.765. The van der Waals surface area contributed by atoms with Crippen LogP contribution in [0.3, 0.4) is 0 Å². The Morgan fingerprint density at radius 2 is 2.05 bits per heavy atom. The number of hydrogen-bond donors (Lipinski definition) is 1. The van der Waals surface area contributed by atoms with Crippen molar-refractivity contribution < 1.29 is 4.79 Å². The largest absolute Gasteiger partial charge is 0.357 e. The lowest BCUT2D eigenvalue weighted by molar-refractivity contribution is -0.129. The average Bonchev–Trinajstić information content (AvgIpc) is 2.40. The Kier molecular flexibility index (Phi) is 6.01. The highest BCUT2D eigenvalue weighted by atomic mass is 79.9. The van der Waals surface area contributed by atoms with E-state index in [4.69, 9.17) is 0 Å². The Bertz CT molecular complexity index is 436. The molecule has 1 aromatic rings. The molecule has 1 heterocycles. The van der Waals surface area contributed by atoms with E-state index >= 15 is 0 Å². The molecule has 0 saturated heterocycles. The van der Waals surface area contributed by atoms with Crippen LogP contribution in [0, 0.1) is 0 Å². The van der Waals surface area contributed by atoms with Crippen LogP contribution in [-0.4, -0.2) is 54.5 Å². The lowest BCUT2D eigenvalue weighted by Gasteiger charge is -2.24. The second kappa shape index (κ2) is 7.28. The summed E-state index contributed by atoms with van der Waals surface area (Å²) in [6, 6.07) is 0. The summed E-state index contributed by atoms with van der Waals surface area (Å²) in [6.07, 6.45) is 1.67. The van der Waals surface area contributed by atoms with Gasteiger partial charge in [-0.1, -0.05) is 0 Å². The van der Waals surface area contributed by atoms with Gasteiger partial charge in [0.05, 0.1) is 11.0 Å². The van der Waals surface area contributed by atoms with Gasteiger partial charge in [0.1, 0.15) is 5.82 Å². The quantitative estimate of drug-likeness (QED) is 0.858. The molecule has 0 spiro atoms. The smallest absolute Gasteiger partial charge is 0.242 e. The van der Waals surface area contributed by atoms with Crippen molar-refractivity contribution in [2.45, 2.75) is 13.8 Å².